The van der Waals surface area contributed by atoms with Crippen LogP contribution in [0.1, 0.15) is 25.7 Å². The monoisotopic (exact) mass is 226 g/mol. The van der Waals surface area contributed by atoms with Gasteiger partial charge in [0.2, 0.25) is 0 Å². The van der Waals surface area contributed by atoms with Gasteiger partial charge in [-0.15, -0.1) is 0 Å². The first-order chi connectivity index (χ1) is 7.65. The van der Waals surface area contributed by atoms with Crippen LogP contribution in [-0.2, 0) is 4.79 Å². The minimum Gasteiger partial charge on any atom is -0.481 e. The number of rotatable bonds is 2. The molecular formula is C12H22N2O2. The minimum absolute atomic E-state index is 0.355. The highest BCUT2D eigenvalue weighted by molar-refractivity contribution is 5.67. The van der Waals surface area contributed by atoms with Crippen molar-refractivity contribution in [3.8, 4) is 0 Å². The molecule has 2 heterocycles. The van der Waals surface area contributed by atoms with Gasteiger partial charge in [-0.2, -0.15) is 0 Å². The summed E-state index contributed by atoms with van der Waals surface area (Å²) in [5.41, 5.74) is 0. The average molecular weight is 226 g/mol. The third kappa shape index (κ3) is 2.95. The molecule has 2 unspecified atom stereocenters. The van der Waals surface area contributed by atoms with Crippen molar-refractivity contribution >= 4 is 5.97 Å². The van der Waals surface area contributed by atoms with Gasteiger partial charge in [0.25, 0.3) is 0 Å². The van der Waals surface area contributed by atoms with Gasteiger partial charge in [-0.3, -0.25) is 9.69 Å². The molecule has 16 heavy (non-hydrogen) atoms. The summed E-state index contributed by atoms with van der Waals surface area (Å²) in [5, 5.41) is 8.85. The largest absolute Gasteiger partial charge is 0.481 e. The molecule has 2 rings (SSSR count). The number of carboxylic acids is 1. The Labute approximate surface area is 97.2 Å². The standard InChI is InChI=1S/C12H22N2O2/c1-13-4-2-5-14-6-3-10(8-12(15)16)7-11(14)9-13/h10-11H,2-9H2,1H3,(H,15,16). The number of nitrogens with zero attached hydrogens (tertiary/aromatic N) is 2. The number of piperidine rings is 1. The van der Waals surface area contributed by atoms with Crippen molar-refractivity contribution in [2.75, 3.05) is 33.2 Å². The Morgan fingerprint density at radius 2 is 2.19 bits per heavy atom. The maximum absolute atomic E-state index is 10.7. The highest BCUT2D eigenvalue weighted by atomic mass is 16.4. The summed E-state index contributed by atoms with van der Waals surface area (Å²) in [4.78, 5) is 15.7. The number of aliphatic carboxylic acids is 1. The lowest BCUT2D eigenvalue weighted by atomic mass is 9.88. The fourth-order valence-corrected chi connectivity index (χ4v) is 3.09. The molecule has 4 heteroatoms. The lowest BCUT2D eigenvalue weighted by Gasteiger charge is -2.38. The topological polar surface area (TPSA) is 43.8 Å². The van der Waals surface area contributed by atoms with Crippen LogP contribution in [0.2, 0.25) is 0 Å². The van der Waals surface area contributed by atoms with Crippen LogP contribution in [0.5, 0.6) is 0 Å². The molecule has 0 amide bonds. The third-order valence-corrected chi connectivity index (χ3v) is 3.92. The summed E-state index contributed by atoms with van der Waals surface area (Å²) in [6, 6.07) is 0.589. The number of carboxylic acid groups (broad SMARTS) is 1. The molecule has 0 aromatic heterocycles. The van der Waals surface area contributed by atoms with E-state index in [1.807, 2.05) is 0 Å². The van der Waals surface area contributed by atoms with Crippen molar-refractivity contribution < 1.29 is 9.90 Å². The van der Waals surface area contributed by atoms with Gasteiger partial charge in [0, 0.05) is 19.0 Å². The summed E-state index contributed by atoms with van der Waals surface area (Å²) in [7, 11) is 2.17. The van der Waals surface area contributed by atoms with Crippen molar-refractivity contribution in [2.45, 2.75) is 31.7 Å². The van der Waals surface area contributed by atoms with E-state index >= 15 is 0 Å². The number of fused-ring (bicyclic) bond motifs is 1. The first-order valence-corrected chi connectivity index (χ1v) is 6.29. The van der Waals surface area contributed by atoms with E-state index in [1.54, 1.807) is 0 Å². The molecule has 2 aliphatic rings. The highest BCUT2D eigenvalue weighted by Gasteiger charge is 2.31. The van der Waals surface area contributed by atoms with Crippen LogP contribution in [0.25, 0.3) is 0 Å². The predicted octanol–water partition coefficient (Wildman–Crippen LogP) is 0.877. The fourth-order valence-electron chi connectivity index (χ4n) is 3.09. The van der Waals surface area contributed by atoms with Crippen LogP contribution in [-0.4, -0.2) is 60.1 Å². The van der Waals surface area contributed by atoms with Gasteiger partial charge in [0.1, 0.15) is 0 Å². The first-order valence-electron chi connectivity index (χ1n) is 6.29. The zero-order valence-electron chi connectivity index (χ0n) is 10.1. The molecule has 0 radical (unpaired) electrons. The van der Waals surface area contributed by atoms with Crippen LogP contribution in [0.4, 0.5) is 0 Å². The van der Waals surface area contributed by atoms with E-state index in [9.17, 15) is 4.79 Å². The molecule has 0 spiro atoms. The van der Waals surface area contributed by atoms with Gasteiger partial charge in [0.05, 0.1) is 0 Å². The van der Waals surface area contributed by atoms with E-state index in [-0.39, 0.29) is 0 Å². The normalized spacial score (nSPS) is 33.1. The number of hydrogen-bond donors (Lipinski definition) is 1. The lowest BCUT2D eigenvalue weighted by molar-refractivity contribution is -0.138. The second-order valence-corrected chi connectivity index (χ2v) is 5.29. The molecule has 0 aromatic rings. The summed E-state index contributed by atoms with van der Waals surface area (Å²) < 4.78 is 0. The van der Waals surface area contributed by atoms with Crippen molar-refractivity contribution in [3.63, 3.8) is 0 Å². The molecular weight excluding hydrogens is 204 g/mol. The fraction of sp³-hybridized carbons (Fsp3) is 0.917. The number of hydrogen-bond acceptors (Lipinski definition) is 3. The Bertz CT molecular complexity index is 257. The third-order valence-electron chi connectivity index (χ3n) is 3.92. The van der Waals surface area contributed by atoms with E-state index in [4.69, 9.17) is 5.11 Å². The number of carbonyl (C=O) groups is 1. The molecule has 92 valence electrons. The lowest BCUT2D eigenvalue weighted by Crippen LogP contribution is -2.46. The quantitative estimate of drug-likeness (QED) is 0.759. The second kappa shape index (κ2) is 5.15. The molecule has 0 saturated carbocycles. The molecule has 2 aliphatic heterocycles. The zero-order chi connectivity index (χ0) is 11.5. The Balaban J connectivity index is 1.92. The van der Waals surface area contributed by atoms with E-state index in [0.29, 0.717) is 18.4 Å². The van der Waals surface area contributed by atoms with Crippen LogP contribution >= 0.6 is 0 Å². The van der Waals surface area contributed by atoms with Gasteiger partial charge < -0.3 is 10.0 Å². The molecule has 2 atom stereocenters. The van der Waals surface area contributed by atoms with Crippen molar-refractivity contribution in [3.05, 3.63) is 0 Å². The molecule has 1 N–H and O–H groups in total. The second-order valence-electron chi connectivity index (χ2n) is 5.29. The van der Waals surface area contributed by atoms with E-state index in [1.165, 1.54) is 19.5 Å². The Morgan fingerprint density at radius 3 is 2.94 bits per heavy atom. The van der Waals surface area contributed by atoms with Crippen molar-refractivity contribution in [1.82, 2.24) is 9.80 Å². The van der Waals surface area contributed by atoms with Gasteiger partial charge in [-0.05, 0) is 51.9 Å². The van der Waals surface area contributed by atoms with Crippen LogP contribution in [0.3, 0.4) is 0 Å². The highest BCUT2D eigenvalue weighted by Crippen LogP contribution is 2.27. The van der Waals surface area contributed by atoms with Crippen molar-refractivity contribution in [1.29, 1.82) is 0 Å². The Morgan fingerprint density at radius 1 is 1.38 bits per heavy atom. The number of likely N-dealkylation sites (N-methyl/N-ethyl adjacent to an activating group) is 1. The zero-order valence-corrected chi connectivity index (χ0v) is 10.1. The molecule has 4 nitrogen and oxygen atoms in total. The summed E-state index contributed by atoms with van der Waals surface area (Å²) in [6.07, 6.45) is 3.73. The Hall–Kier alpha value is -0.610. The summed E-state index contributed by atoms with van der Waals surface area (Å²) >= 11 is 0. The van der Waals surface area contributed by atoms with Gasteiger partial charge in [-0.1, -0.05) is 0 Å². The first kappa shape index (κ1) is 11.9. The molecule has 0 aliphatic carbocycles. The summed E-state index contributed by atoms with van der Waals surface area (Å²) in [6.45, 7) is 4.57. The maximum Gasteiger partial charge on any atom is 0.303 e. The molecule has 2 fully saturated rings. The average Bonchev–Trinajstić information content (AvgIpc) is 2.37. The SMILES string of the molecule is CN1CCCN2CCC(CC(=O)O)CC2C1. The molecule has 2 saturated heterocycles. The molecule has 0 bridgehead atoms. The van der Waals surface area contributed by atoms with E-state index in [0.717, 1.165) is 25.9 Å². The van der Waals surface area contributed by atoms with Crippen LogP contribution in [0.15, 0.2) is 0 Å². The minimum atomic E-state index is -0.638. The summed E-state index contributed by atoms with van der Waals surface area (Å²) in [5.74, 6) is -0.245. The molecule has 0 aromatic carbocycles. The maximum atomic E-state index is 10.7. The van der Waals surface area contributed by atoms with Gasteiger partial charge in [0.15, 0.2) is 0 Å². The van der Waals surface area contributed by atoms with Gasteiger partial charge >= 0.3 is 5.97 Å². The van der Waals surface area contributed by atoms with E-state index < -0.39 is 5.97 Å². The van der Waals surface area contributed by atoms with Crippen molar-refractivity contribution in [2.24, 2.45) is 5.92 Å². The predicted molar refractivity (Wildman–Crippen MR) is 62.5 cm³/mol. The van der Waals surface area contributed by atoms with Gasteiger partial charge in [-0.25, -0.2) is 0 Å². The van der Waals surface area contributed by atoms with Crippen LogP contribution in [0, 0.1) is 5.92 Å². The van der Waals surface area contributed by atoms with E-state index in [2.05, 4.69) is 16.8 Å². The smallest absolute Gasteiger partial charge is 0.303 e. The van der Waals surface area contributed by atoms with Crippen LogP contribution < -0.4 is 0 Å². The Kier molecular flexibility index (Phi) is 3.82.